The lowest BCUT2D eigenvalue weighted by Gasteiger charge is -2.08. The maximum absolute atomic E-state index is 12.1. The van der Waals surface area contributed by atoms with E-state index in [1.54, 1.807) is 0 Å². The van der Waals surface area contributed by atoms with E-state index >= 15 is 0 Å². The summed E-state index contributed by atoms with van der Waals surface area (Å²) in [5, 5.41) is 11.5. The van der Waals surface area contributed by atoms with Gasteiger partial charge in [-0.25, -0.2) is 0 Å². The highest BCUT2D eigenvalue weighted by atomic mass is 79.9. The number of rotatable bonds is 5. The molecule has 0 bridgehead atoms. The number of halogens is 1. The normalized spacial score (nSPS) is 14.1. The number of nitrogens with zero attached hydrogens (tertiary/aromatic N) is 3. The molecule has 1 fully saturated rings. The molecule has 1 saturated carbocycles. The van der Waals surface area contributed by atoms with Crippen LogP contribution in [-0.4, -0.2) is 26.4 Å². The molecule has 3 rings (SSSR count). The molecule has 1 aromatic carbocycles. The monoisotopic (exact) mass is 381 g/mol. The molecule has 0 radical (unpaired) electrons. The minimum Gasteiger partial charge on any atom is -0.368 e. The molecule has 1 aliphatic carbocycles. The van der Waals surface area contributed by atoms with Gasteiger partial charge in [0.15, 0.2) is 5.16 Å². The smallest absolute Gasteiger partial charge is 0.234 e. The lowest BCUT2D eigenvalue weighted by Crippen LogP contribution is -2.15. The van der Waals surface area contributed by atoms with Crippen LogP contribution in [-0.2, 0) is 4.79 Å². The zero-order chi connectivity index (χ0) is 15.7. The van der Waals surface area contributed by atoms with Crippen molar-refractivity contribution >= 4 is 45.2 Å². The van der Waals surface area contributed by atoms with Gasteiger partial charge in [0.25, 0.3) is 0 Å². The van der Waals surface area contributed by atoms with Crippen molar-refractivity contribution in [3.63, 3.8) is 0 Å². The van der Waals surface area contributed by atoms with Crippen LogP contribution in [0.1, 0.15) is 24.4 Å². The zero-order valence-corrected chi connectivity index (χ0v) is 14.4. The Kier molecular flexibility index (Phi) is 4.39. The van der Waals surface area contributed by atoms with Gasteiger partial charge in [0.05, 0.1) is 11.4 Å². The number of aryl methyl sites for hydroxylation is 1. The lowest BCUT2D eigenvalue weighted by molar-refractivity contribution is -0.113. The Morgan fingerprint density at radius 2 is 2.27 bits per heavy atom. The summed E-state index contributed by atoms with van der Waals surface area (Å²) < 4.78 is 2.79. The van der Waals surface area contributed by atoms with Gasteiger partial charge in [0.2, 0.25) is 11.9 Å². The number of nitrogen functional groups attached to an aromatic ring is 1. The summed E-state index contributed by atoms with van der Waals surface area (Å²) in [5.74, 6) is 0.607. The van der Waals surface area contributed by atoms with Crippen LogP contribution >= 0.6 is 27.7 Å². The minimum absolute atomic E-state index is 0.0847. The van der Waals surface area contributed by atoms with Crippen LogP contribution in [0.15, 0.2) is 27.8 Å². The van der Waals surface area contributed by atoms with Gasteiger partial charge in [-0.15, -0.1) is 10.2 Å². The van der Waals surface area contributed by atoms with Crippen molar-refractivity contribution in [2.24, 2.45) is 0 Å². The van der Waals surface area contributed by atoms with Crippen LogP contribution in [0.4, 0.5) is 11.6 Å². The standard InChI is InChI=1S/C14H16BrN5OS/c1-8-2-5-11(10(15)6-8)17-12(21)7-22-14-19-18-13(16)20(14)9-3-4-9/h2,5-6,9H,3-4,7H2,1H3,(H2,16,18)(H,17,21). The van der Waals surface area contributed by atoms with E-state index in [1.165, 1.54) is 11.8 Å². The topological polar surface area (TPSA) is 85.8 Å². The van der Waals surface area contributed by atoms with Crippen molar-refractivity contribution in [1.29, 1.82) is 0 Å². The summed E-state index contributed by atoms with van der Waals surface area (Å²) in [6.45, 7) is 2.00. The highest BCUT2D eigenvalue weighted by Crippen LogP contribution is 2.39. The molecule has 3 N–H and O–H groups in total. The number of carbonyl (C=O) groups is 1. The molecular weight excluding hydrogens is 366 g/mol. The third-order valence-electron chi connectivity index (χ3n) is 3.33. The molecule has 1 heterocycles. The third kappa shape index (κ3) is 3.44. The lowest BCUT2D eigenvalue weighted by atomic mass is 10.2. The number of anilines is 2. The summed E-state index contributed by atoms with van der Waals surface area (Å²) >= 11 is 4.80. The maximum atomic E-state index is 12.1. The van der Waals surface area contributed by atoms with Crippen LogP contribution in [0.3, 0.4) is 0 Å². The number of benzene rings is 1. The van der Waals surface area contributed by atoms with Gasteiger partial charge >= 0.3 is 0 Å². The maximum Gasteiger partial charge on any atom is 0.234 e. The van der Waals surface area contributed by atoms with Crippen molar-refractivity contribution in [1.82, 2.24) is 14.8 Å². The van der Waals surface area contributed by atoms with E-state index in [-0.39, 0.29) is 11.7 Å². The van der Waals surface area contributed by atoms with Gasteiger partial charge in [-0.1, -0.05) is 17.8 Å². The van der Waals surface area contributed by atoms with Gasteiger partial charge in [-0.05, 0) is 53.4 Å². The van der Waals surface area contributed by atoms with Gasteiger partial charge < -0.3 is 11.1 Å². The Morgan fingerprint density at radius 3 is 2.95 bits per heavy atom. The SMILES string of the molecule is Cc1ccc(NC(=O)CSc2nnc(N)n2C2CC2)c(Br)c1. The van der Waals surface area contributed by atoms with Gasteiger partial charge in [-0.3, -0.25) is 9.36 Å². The Morgan fingerprint density at radius 1 is 1.50 bits per heavy atom. The number of hydrogen-bond acceptors (Lipinski definition) is 5. The Hall–Kier alpha value is -1.54. The first kappa shape index (κ1) is 15.4. The van der Waals surface area contributed by atoms with E-state index in [4.69, 9.17) is 5.73 Å². The predicted octanol–water partition coefficient (Wildman–Crippen LogP) is 3.00. The van der Waals surface area contributed by atoms with Crippen molar-refractivity contribution in [2.45, 2.75) is 31.0 Å². The summed E-state index contributed by atoms with van der Waals surface area (Å²) in [6.07, 6.45) is 2.19. The highest BCUT2D eigenvalue weighted by Gasteiger charge is 2.29. The fourth-order valence-corrected chi connectivity index (χ4v) is 3.51. The second kappa shape index (κ2) is 6.29. The Labute approximate surface area is 141 Å². The number of aromatic nitrogens is 3. The molecular formula is C14H16BrN5OS. The second-order valence-corrected chi connectivity index (χ2v) is 7.06. The number of nitrogens with two attached hydrogens (primary N) is 1. The largest absolute Gasteiger partial charge is 0.368 e. The fraction of sp³-hybridized carbons (Fsp3) is 0.357. The average molecular weight is 382 g/mol. The predicted molar refractivity (Wildman–Crippen MR) is 90.9 cm³/mol. The molecule has 0 atom stereocenters. The van der Waals surface area contributed by atoms with Crippen molar-refractivity contribution in [3.8, 4) is 0 Å². The average Bonchev–Trinajstić information content (AvgIpc) is 3.23. The highest BCUT2D eigenvalue weighted by molar-refractivity contribution is 9.10. The summed E-state index contributed by atoms with van der Waals surface area (Å²) in [6, 6.07) is 6.20. The van der Waals surface area contributed by atoms with Crippen molar-refractivity contribution in [2.75, 3.05) is 16.8 Å². The summed E-state index contributed by atoms with van der Waals surface area (Å²) in [4.78, 5) is 12.1. The number of nitrogens with one attached hydrogen (secondary N) is 1. The number of hydrogen-bond donors (Lipinski definition) is 2. The number of carbonyl (C=O) groups excluding carboxylic acids is 1. The molecule has 0 aliphatic heterocycles. The van der Waals surface area contributed by atoms with Crippen molar-refractivity contribution in [3.05, 3.63) is 28.2 Å². The molecule has 0 spiro atoms. The van der Waals surface area contributed by atoms with Crippen LogP contribution in [0.5, 0.6) is 0 Å². The first-order valence-electron chi connectivity index (χ1n) is 6.94. The molecule has 1 amide bonds. The molecule has 1 aliphatic rings. The molecule has 0 unspecified atom stereocenters. The van der Waals surface area contributed by atoms with Gasteiger partial charge in [0, 0.05) is 10.5 Å². The Balaban J connectivity index is 1.61. The van der Waals surface area contributed by atoms with E-state index in [0.717, 1.165) is 28.6 Å². The molecule has 6 nitrogen and oxygen atoms in total. The number of amides is 1. The van der Waals surface area contributed by atoms with Crippen LogP contribution < -0.4 is 11.1 Å². The van der Waals surface area contributed by atoms with E-state index in [0.29, 0.717) is 17.1 Å². The zero-order valence-electron chi connectivity index (χ0n) is 12.0. The third-order valence-corrected chi connectivity index (χ3v) is 4.93. The quantitative estimate of drug-likeness (QED) is 0.777. The Bertz CT molecular complexity index is 713. The molecule has 116 valence electrons. The first-order valence-corrected chi connectivity index (χ1v) is 8.71. The molecule has 0 saturated heterocycles. The fourth-order valence-electron chi connectivity index (χ4n) is 2.10. The van der Waals surface area contributed by atoms with E-state index < -0.39 is 0 Å². The molecule has 2 aromatic rings. The van der Waals surface area contributed by atoms with Crippen LogP contribution in [0.25, 0.3) is 0 Å². The van der Waals surface area contributed by atoms with Gasteiger partial charge in [-0.2, -0.15) is 0 Å². The van der Waals surface area contributed by atoms with E-state index in [9.17, 15) is 4.79 Å². The van der Waals surface area contributed by atoms with Gasteiger partial charge in [0.1, 0.15) is 0 Å². The minimum atomic E-state index is -0.0847. The van der Waals surface area contributed by atoms with Crippen LogP contribution in [0.2, 0.25) is 0 Å². The van der Waals surface area contributed by atoms with E-state index in [1.807, 2.05) is 29.7 Å². The molecule has 8 heteroatoms. The van der Waals surface area contributed by atoms with Crippen molar-refractivity contribution < 1.29 is 4.79 Å². The first-order chi connectivity index (χ1) is 10.5. The summed E-state index contributed by atoms with van der Waals surface area (Å²) in [5.41, 5.74) is 7.71. The number of thioether (sulfide) groups is 1. The molecule has 1 aromatic heterocycles. The summed E-state index contributed by atoms with van der Waals surface area (Å²) in [7, 11) is 0. The second-order valence-electron chi connectivity index (χ2n) is 5.26. The molecule has 22 heavy (non-hydrogen) atoms. The van der Waals surface area contributed by atoms with E-state index in [2.05, 4.69) is 31.4 Å². The van der Waals surface area contributed by atoms with Crippen LogP contribution in [0, 0.1) is 6.92 Å².